The van der Waals surface area contributed by atoms with Crippen LogP contribution in [0.2, 0.25) is 0 Å². The molecular formula is C22H50N8. The smallest absolute Gasteiger partial charge is 0.0110 e. The third-order valence-corrected chi connectivity index (χ3v) is 6.61. The lowest BCUT2D eigenvalue weighted by molar-refractivity contribution is 0.169. The minimum Gasteiger partial charge on any atom is -0.314 e. The normalized spacial score (nSPS) is 30.8. The highest BCUT2D eigenvalue weighted by molar-refractivity contribution is 4.70. The van der Waals surface area contributed by atoms with Gasteiger partial charge in [-0.15, -0.1) is 0 Å². The summed E-state index contributed by atoms with van der Waals surface area (Å²) in [5, 5.41) is 7.35. The minimum atomic E-state index is 1.08. The largest absolute Gasteiger partial charge is 0.314 e. The first-order valence-corrected chi connectivity index (χ1v) is 12.1. The van der Waals surface area contributed by atoms with E-state index >= 15 is 0 Å². The molecule has 0 saturated carbocycles. The fraction of sp³-hybridized carbons (Fsp3) is 1.00. The Morgan fingerprint density at radius 1 is 0.333 bits per heavy atom. The van der Waals surface area contributed by atoms with Crippen molar-refractivity contribution >= 4 is 0 Å². The summed E-state index contributed by atoms with van der Waals surface area (Å²) in [5.74, 6) is 0. The van der Waals surface area contributed by atoms with Crippen molar-refractivity contribution in [1.29, 1.82) is 0 Å². The molecule has 3 heterocycles. The van der Waals surface area contributed by atoms with Crippen LogP contribution in [0.1, 0.15) is 0 Å². The molecule has 3 fully saturated rings. The number of nitrogens with zero attached hydrogens (tertiary/aromatic N) is 6. The molecule has 8 nitrogen and oxygen atoms in total. The molecule has 3 rings (SSSR count). The van der Waals surface area contributed by atoms with Gasteiger partial charge in [0.25, 0.3) is 0 Å². The first kappa shape index (κ1) is 25.9. The van der Waals surface area contributed by atoms with Gasteiger partial charge in [-0.2, -0.15) is 0 Å². The van der Waals surface area contributed by atoms with Crippen molar-refractivity contribution in [2.45, 2.75) is 0 Å². The Labute approximate surface area is 186 Å². The van der Waals surface area contributed by atoms with Crippen LogP contribution in [0.25, 0.3) is 0 Å². The van der Waals surface area contributed by atoms with E-state index in [4.69, 9.17) is 0 Å². The molecule has 2 atom stereocenters. The van der Waals surface area contributed by atoms with Crippen molar-refractivity contribution in [2.75, 3.05) is 146 Å². The van der Waals surface area contributed by atoms with Crippen LogP contribution in [0.15, 0.2) is 0 Å². The average Bonchev–Trinajstić information content (AvgIpc) is 2.73. The predicted molar refractivity (Wildman–Crippen MR) is 129 cm³/mol. The minimum absolute atomic E-state index is 1.08. The molecule has 2 N–H and O–H groups in total. The van der Waals surface area contributed by atoms with Crippen LogP contribution >= 0.6 is 0 Å². The Morgan fingerprint density at radius 3 is 0.967 bits per heavy atom. The summed E-state index contributed by atoms with van der Waals surface area (Å²) >= 11 is 0. The number of fused-ring (bicyclic) bond motifs is 21. The highest BCUT2D eigenvalue weighted by Crippen LogP contribution is 1.97. The quantitative estimate of drug-likeness (QED) is 0.487. The Kier molecular flexibility index (Phi) is 13.4. The molecule has 0 aromatic heterocycles. The Morgan fingerprint density at radius 2 is 0.600 bits per heavy atom. The van der Waals surface area contributed by atoms with Gasteiger partial charge < -0.3 is 30.2 Å². The Balaban J connectivity index is 2.04. The molecule has 0 aromatic rings. The van der Waals surface area contributed by atoms with Crippen molar-refractivity contribution in [2.24, 2.45) is 0 Å². The average molecular weight is 427 g/mol. The van der Waals surface area contributed by atoms with E-state index in [1.165, 1.54) is 0 Å². The van der Waals surface area contributed by atoms with Gasteiger partial charge in [0.1, 0.15) is 0 Å². The molecule has 0 aliphatic carbocycles. The van der Waals surface area contributed by atoms with Crippen LogP contribution in [0.3, 0.4) is 0 Å². The Bertz CT molecular complexity index is 386. The maximum absolute atomic E-state index is 3.68. The third kappa shape index (κ3) is 11.9. The van der Waals surface area contributed by atoms with E-state index in [-0.39, 0.29) is 0 Å². The van der Waals surface area contributed by atoms with E-state index in [9.17, 15) is 0 Å². The number of likely N-dealkylation sites (N-methyl/N-ethyl adjacent to an activating group) is 4. The van der Waals surface area contributed by atoms with Crippen molar-refractivity contribution < 1.29 is 0 Å². The summed E-state index contributed by atoms with van der Waals surface area (Å²) in [7, 11) is 9.08. The van der Waals surface area contributed by atoms with Crippen molar-refractivity contribution in [3.05, 3.63) is 0 Å². The monoisotopic (exact) mass is 426 g/mol. The van der Waals surface area contributed by atoms with Gasteiger partial charge in [0, 0.05) is 118 Å². The lowest BCUT2D eigenvalue weighted by Crippen LogP contribution is -2.46. The summed E-state index contributed by atoms with van der Waals surface area (Å²) in [5.41, 5.74) is 0. The summed E-state index contributed by atoms with van der Waals surface area (Å²) in [6.45, 7) is 20.3. The first-order chi connectivity index (χ1) is 14.5. The van der Waals surface area contributed by atoms with Gasteiger partial charge in [-0.3, -0.25) is 9.80 Å². The standard InChI is InChI=1S/C22H50N8/c1-25-9-5-23-7-12-30-20-16-26(2)10-6-24-8-11-29(19-15-25)21-17-27(3)13-14-28(4)18-22-30/h23-24H,5-22H2,1-4H3. The second kappa shape index (κ2) is 15.5. The van der Waals surface area contributed by atoms with E-state index in [1.807, 2.05) is 0 Å². The summed E-state index contributed by atoms with van der Waals surface area (Å²) < 4.78 is 0. The van der Waals surface area contributed by atoms with Crippen LogP contribution in [0.5, 0.6) is 0 Å². The molecule has 178 valence electrons. The molecule has 2 unspecified atom stereocenters. The van der Waals surface area contributed by atoms with Crippen LogP contribution in [0, 0.1) is 0 Å². The van der Waals surface area contributed by atoms with E-state index in [0.29, 0.717) is 0 Å². The molecule has 0 radical (unpaired) electrons. The fourth-order valence-electron chi connectivity index (χ4n) is 3.97. The summed E-state index contributed by atoms with van der Waals surface area (Å²) in [4.78, 5) is 15.2. The number of nitrogens with one attached hydrogen (secondary N) is 2. The molecule has 30 heavy (non-hydrogen) atoms. The topological polar surface area (TPSA) is 43.5 Å². The zero-order chi connectivity index (χ0) is 21.6. The highest BCUT2D eigenvalue weighted by atomic mass is 15.3. The number of hydrogen-bond donors (Lipinski definition) is 2. The zero-order valence-electron chi connectivity index (χ0n) is 20.4. The molecule has 3 saturated heterocycles. The van der Waals surface area contributed by atoms with E-state index in [2.05, 4.69) is 68.2 Å². The number of hydrogen-bond acceptors (Lipinski definition) is 8. The molecule has 0 aromatic carbocycles. The van der Waals surface area contributed by atoms with E-state index < -0.39 is 0 Å². The highest BCUT2D eigenvalue weighted by Gasteiger charge is 2.12. The van der Waals surface area contributed by atoms with Crippen LogP contribution in [-0.4, -0.2) is 175 Å². The lowest BCUT2D eigenvalue weighted by atomic mass is 10.3. The van der Waals surface area contributed by atoms with Crippen LogP contribution in [0.4, 0.5) is 0 Å². The Hall–Kier alpha value is -0.320. The summed E-state index contributed by atoms with van der Waals surface area (Å²) in [6, 6.07) is 0. The van der Waals surface area contributed by atoms with E-state index in [1.54, 1.807) is 0 Å². The van der Waals surface area contributed by atoms with Crippen LogP contribution < -0.4 is 10.6 Å². The van der Waals surface area contributed by atoms with Gasteiger partial charge in [0.2, 0.25) is 0 Å². The van der Waals surface area contributed by atoms with Gasteiger partial charge in [-0.1, -0.05) is 0 Å². The van der Waals surface area contributed by atoms with Gasteiger partial charge in [-0.05, 0) is 28.2 Å². The third-order valence-electron chi connectivity index (χ3n) is 6.61. The summed E-state index contributed by atoms with van der Waals surface area (Å²) in [6.07, 6.45) is 0. The van der Waals surface area contributed by atoms with Gasteiger partial charge in [0.15, 0.2) is 0 Å². The van der Waals surface area contributed by atoms with E-state index in [0.717, 1.165) is 118 Å². The van der Waals surface area contributed by atoms with Crippen molar-refractivity contribution in [1.82, 2.24) is 40.0 Å². The van der Waals surface area contributed by atoms with Gasteiger partial charge in [-0.25, -0.2) is 0 Å². The molecule has 0 spiro atoms. The molecule has 8 heteroatoms. The van der Waals surface area contributed by atoms with Gasteiger partial charge >= 0.3 is 0 Å². The van der Waals surface area contributed by atoms with Crippen LogP contribution in [-0.2, 0) is 0 Å². The van der Waals surface area contributed by atoms with Crippen molar-refractivity contribution in [3.8, 4) is 0 Å². The molecule has 0 amide bonds. The molecule has 2 bridgehead atoms. The maximum atomic E-state index is 3.68. The van der Waals surface area contributed by atoms with Crippen molar-refractivity contribution in [3.63, 3.8) is 0 Å². The molecule has 3 aliphatic heterocycles. The number of rotatable bonds is 0. The second-order valence-electron chi connectivity index (χ2n) is 9.40. The van der Waals surface area contributed by atoms with Gasteiger partial charge in [0.05, 0.1) is 0 Å². The molecular weight excluding hydrogens is 376 g/mol. The zero-order valence-corrected chi connectivity index (χ0v) is 20.4. The maximum Gasteiger partial charge on any atom is 0.0110 e. The molecule has 3 aliphatic rings. The lowest BCUT2D eigenvalue weighted by Gasteiger charge is -2.31. The second-order valence-corrected chi connectivity index (χ2v) is 9.40. The SMILES string of the molecule is CN1CCNCCN2CCN(C)CCNCCN(CC1)CCN(C)CCN(C)CC2. The first-order valence-electron chi connectivity index (χ1n) is 12.1. The predicted octanol–water partition coefficient (Wildman–Crippen LogP) is -1.48. The fourth-order valence-corrected chi connectivity index (χ4v) is 3.97.